The molecule has 1 N–H and O–H groups in total. The maximum absolute atomic E-state index is 11.7. The molecule has 1 amide bonds. The van der Waals surface area contributed by atoms with Crippen molar-refractivity contribution >= 4 is 17.5 Å². The molecule has 0 aliphatic carbocycles. The van der Waals surface area contributed by atoms with E-state index in [2.05, 4.69) is 10.1 Å². The van der Waals surface area contributed by atoms with Gasteiger partial charge in [0.25, 0.3) is 6.43 Å². The Morgan fingerprint density at radius 2 is 2.19 bits per heavy atom. The zero-order chi connectivity index (χ0) is 12.4. The summed E-state index contributed by atoms with van der Waals surface area (Å²) in [4.78, 5) is 11.2. The minimum absolute atomic E-state index is 0.0108. The molecular formula is C10H18ClF2NO2. The van der Waals surface area contributed by atoms with Crippen LogP contribution in [-0.2, 0) is 9.53 Å². The third-order valence-electron chi connectivity index (χ3n) is 1.84. The Balaban J connectivity index is 3.37. The first-order chi connectivity index (χ1) is 7.56. The first-order valence-corrected chi connectivity index (χ1v) is 5.76. The summed E-state index contributed by atoms with van der Waals surface area (Å²) >= 11 is 5.88. The van der Waals surface area contributed by atoms with Crippen LogP contribution in [0, 0.1) is 0 Å². The molecule has 0 saturated heterocycles. The number of nitrogens with one attached hydrogen (secondary N) is 1. The number of halogens is 3. The topological polar surface area (TPSA) is 38.3 Å². The van der Waals surface area contributed by atoms with Crippen molar-refractivity contribution in [3.05, 3.63) is 0 Å². The molecule has 0 saturated carbocycles. The van der Waals surface area contributed by atoms with Crippen molar-refractivity contribution in [3.63, 3.8) is 0 Å². The minimum Gasteiger partial charge on any atom is -0.375 e. The van der Waals surface area contributed by atoms with Crippen LogP contribution in [0.1, 0.15) is 26.2 Å². The van der Waals surface area contributed by atoms with Crippen LogP contribution >= 0.6 is 11.6 Å². The molecule has 96 valence electrons. The van der Waals surface area contributed by atoms with Gasteiger partial charge < -0.3 is 10.1 Å². The van der Waals surface area contributed by atoms with Gasteiger partial charge in [-0.3, -0.25) is 4.79 Å². The highest BCUT2D eigenvalue weighted by molar-refractivity contribution is 6.20. The minimum atomic E-state index is -2.49. The van der Waals surface area contributed by atoms with E-state index in [4.69, 9.17) is 11.6 Å². The van der Waals surface area contributed by atoms with E-state index in [-0.39, 0.29) is 24.3 Å². The molecule has 0 fully saturated rings. The summed E-state index contributed by atoms with van der Waals surface area (Å²) in [5, 5.41) is 2.54. The first-order valence-electron chi connectivity index (χ1n) is 5.33. The van der Waals surface area contributed by atoms with Crippen LogP contribution in [-0.4, -0.2) is 37.5 Å². The highest BCUT2D eigenvalue weighted by atomic mass is 35.5. The van der Waals surface area contributed by atoms with Crippen LogP contribution in [0.5, 0.6) is 0 Å². The molecule has 0 bridgehead atoms. The van der Waals surface area contributed by atoms with Gasteiger partial charge in [0.05, 0.1) is 12.0 Å². The lowest BCUT2D eigenvalue weighted by Crippen LogP contribution is -2.30. The zero-order valence-corrected chi connectivity index (χ0v) is 10.1. The van der Waals surface area contributed by atoms with Crippen LogP contribution < -0.4 is 5.32 Å². The Kier molecular flexibility index (Phi) is 9.52. The number of alkyl halides is 3. The summed E-state index contributed by atoms with van der Waals surface area (Å²) in [6.45, 7) is 1.80. The molecule has 0 spiro atoms. The third-order valence-corrected chi connectivity index (χ3v) is 2.21. The van der Waals surface area contributed by atoms with E-state index in [9.17, 15) is 13.6 Å². The second-order valence-corrected chi connectivity index (χ2v) is 4.02. The lowest BCUT2D eigenvalue weighted by molar-refractivity contribution is -0.122. The van der Waals surface area contributed by atoms with Crippen LogP contribution in [0.25, 0.3) is 0 Å². The van der Waals surface area contributed by atoms with Gasteiger partial charge in [0.15, 0.2) is 0 Å². The maximum Gasteiger partial charge on any atom is 0.261 e. The van der Waals surface area contributed by atoms with Crippen molar-refractivity contribution in [2.75, 3.05) is 19.8 Å². The fraction of sp³-hybridized carbons (Fsp3) is 0.900. The van der Waals surface area contributed by atoms with E-state index in [1.54, 1.807) is 0 Å². The molecule has 0 rings (SSSR count). The Morgan fingerprint density at radius 1 is 1.50 bits per heavy atom. The van der Waals surface area contributed by atoms with Gasteiger partial charge in [-0.2, -0.15) is 0 Å². The number of hydrogen-bond acceptors (Lipinski definition) is 2. The predicted octanol–water partition coefficient (Wildman–Crippen LogP) is 2.18. The van der Waals surface area contributed by atoms with Gasteiger partial charge in [0.1, 0.15) is 6.61 Å². The average Bonchev–Trinajstić information content (AvgIpc) is 2.22. The highest BCUT2D eigenvalue weighted by Crippen LogP contribution is 2.03. The summed E-state index contributed by atoms with van der Waals surface area (Å²) in [6.07, 6.45) is -0.604. The fourth-order valence-corrected chi connectivity index (χ4v) is 1.36. The van der Waals surface area contributed by atoms with Crippen molar-refractivity contribution in [1.82, 2.24) is 5.32 Å². The molecule has 0 aromatic carbocycles. The standard InChI is InChI=1S/C10H18ClF2NO2/c1-2-3-8(11)6-14-10(15)4-5-16-7-9(12)13/h8-9H,2-7H2,1H3,(H,14,15). The molecule has 0 aromatic rings. The van der Waals surface area contributed by atoms with Crippen molar-refractivity contribution in [1.29, 1.82) is 0 Å². The Morgan fingerprint density at radius 3 is 2.75 bits per heavy atom. The van der Waals surface area contributed by atoms with E-state index in [1.165, 1.54) is 0 Å². The van der Waals surface area contributed by atoms with Gasteiger partial charge in [-0.1, -0.05) is 13.3 Å². The van der Waals surface area contributed by atoms with E-state index in [1.807, 2.05) is 6.92 Å². The second-order valence-electron chi connectivity index (χ2n) is 3.41. The van der Waals surface area contributed by atoms with Crippen LogP contribution in [0.2, 0.25) is 0 Å². The second kappa shape index (κ2) is 9.78. The van der Waals surface area contributed by atoms with Crippen molar-refractivity contribution in [3.8, 4) is 0 Å². The van der Waals surface area contributed by atoms with Gasteiger partial charge in [0.2, 0.25) is 5.91 Å². The summed E-state index contributed by atoms with van der Waals surface area (Å²) in [6, 6.07) is 0. The summed E-state index contributed by atoms with van der Waals surface area (Å²) in [5.74, 6) is -0.226. The molecule has 1 unspecified atom stereocenters. The smallest absolute Gasteiger partial charge is 0.261 e. The molecule has 0 heterocycles. The molecule has 1 atom stereocenters. The Bertz CT molecular complexity index is 194. The molecule has 16 heavy (non-hydrogen) atoms. The average molecular weight is 258 g/mol. The number of rotatable bonds is 9. The van der Waals surface area contributed by atoms with Gasteiger partial charge in [-0.25, -0.2) is 8.78 Å². The molecule has 3 nitrogen and oxygen atoms in total. The Hall–Kier alpha value is -0.420. The number of carbonyl (C=O) groups excluding carboxylic acids is 1. The largest absolute Gasteiger partial charge is 0.375 e. The van der Waals surface area contributed by atoms with E-state index >= 15 is 0 Å². The number of ether oxygens (including phenoxy) is 1. The van der Waals surface area contributed by atoms with E-state index in [0.717, 1.165) is 12.8 Å². The van der Waals surface area contributed by atoms with Crippen LogP contribution in [0.3, 0.4) is 0 Å². The summed E-state index contributed by atoms with van der Waals surface area (Å²) < 4.78 is 27.9. The SMILES string of the molecule is CCCC(Cl)CNC(=O)CCOCC(F)F. The highest BCUT2D eigenvalue weighted by Gasteiger charge is 2.07. The number of carbonyl (C=O) groups is 1. The quantitative estimate of drug-likeness (QED) is 0.508. The van der Waals surface area contributed by atoms with Crippen molar-refractivity contribution < 1.29 is 18.3 Å². The van der Waals surface area contributed by atoms with Gasteiger partial charge in [0, 0.05) is 13.0 Å². The maximum atomic E-state index is 11.7. The van der Waals surface area contributed by atoms with E-state index < -0.39 is 13.0 Å². The fourth-order valence-electron chi connectivity index (χ4n) is 1.07. The molecule has 0 aromatic heterocycles. The Labute approximate surface area is 99.5 Å². The zero-order valence-electron chi connectivity index (χ0n) is 9.35. The molecule has 0 radical (unpaired) electrons. The summed E-state index contributed by atoms with van der Waals surface area (Å²) in [7, 11) is 0. The third kappa shape index (κ3) is 10.1. The molecule has 0 aliphatic heterocycles. The van der Waals surface area contributed by atoms with E-state index in [0.29, 0.717) is 6.54 Å². The van der Waals surface area contributed by atoms with Crippen molar-refractivity contribution in [2.24, 2.45) is 0 Å². The van der Waals surface area contributed by atoms with Gasteiger partial charge in [-0.15, -0.1) is 11.6 Å². The lowest BCUT2D eigenvalue weighted by Gasteiger charge is -2.09. The van der Waals surface area contributed by atoms with Crippen molar-refractivity contribution in [2.45, 2.75) is 38.0 Å². The molecule has 6 heteroatoms. The van der Waals surface area contributed by atoms with Gasteiger partial charge >= 0.3 is 0 Å². The number of hydrogen-bond donors (Lipinski definition) is 1. The van der Waals surface area contributed by atoms with Gasteiger partial charge in [-0.05, 0) is 6.42 Å². The molecule has 0 aliphatic rings. The molecular weight excluding hydrogens is 240 g/mol. The monoisotopic (exact) mass is 257 g/mol. The number of amides is 1. The van der Waals surface area contributed by atoms with Crippen LogP contribution in [0.4, 0.5) is 8.78 Å². The summed E-state index contributed by atoms with van der Waals surface area (Å²) in [5.41, 5.74) is 0. The lowest BCUT2D eigenvalue weighted by atomic mass is 10.2. The first kappa shape index (κ1) is 15.6. The normalized spacial score (nSPS) is 12.8. The predicted molar refractivity (Wildman–Crippen MR) is 59.0 cm³/mol. The van der Waals surface area contributed by atoms with Crippen LogP contribution in [0.15, 0.2) is 0 Å².